The number of hydrogen-bond acceptors (Lipinski definition) is 6. The van der Waals surface area contributed by atoms with Crippen molar-refractivity contribution in [2.75, 3.05) is 43.4 Å². The quantitative estimate of drug-likeness (QED) is 0.694. The Kier molecular flexibility index (Phi) is 4.95. The van der Waals surface area contributed by atoms with E-state index in [1.807, 2.05) is 12.1 Å². The number of fused-ring (bicyclic) bond motifs is 1. The lowest BCUT2D eigenvalue weighted by molar-refractivity contribution is 0.313. The Labute approximate surface area is 170 Å². The number of anilines is 3. The highest BCUT2D eigenvalue weighted by Crippen LogP contribution is 2.22. The van der Waals surface area contributed by atoms with Crippen molar-refractivity contribution < 1.29 is 0 Å². The standard InChI is InChI=1S/C22H24N6O/c1-5-18-15(2)21(29)27(4)20-19(18)14-23-22(25-20)24-16-6-8-17(9-7-16)28-12-10-26(3)11-13-28/h1,6-9,14H,10-13H2,2-4H3,(H,23,24,25). The summed E-state index contributed by atoms with van der Waals surface area (Å²) < 4.78 is 1.51. The van der Waals surface area contributed by atoms with Crippen LogP contribution in [-0.2, 0) is 7.05 Å². The molecule has 0 atom stereocenters. The number of nitrogens with zero attached hydrogens (tertiary/aromatic N) is 5. The molecule has 0 amide bonds. The van der Waals surface area contributed by atoms with Crippen LogP contribution in [0, 0.1) is 19.3 Å². The maximum atomic E-state index is 12.4. The summed E-state index contributed by atoms with van der Waals surface area (Å²) in [5.74, 6) is 3.02. The van der Waals surface area contributed by atoms with Gasteiger partial charge in [-0.1, -0.05) is 5.92 Å². The number of terminal acetylenes is 1. The molecule has 0 unspecified atom stereocenters. The van der Waals surface area contributed by atoms with Crippen LogP contribution in [0.25, 0.3) is 11.0 Å². The van der Waals surface area contributed by atoms with Crippen LogP contribution in [0.1, 0.15) is 11.1 Å². The lowest BCUT2D eigenvalue weighted by atomic mass is 10.1. The molecule has 0 aliphatic carbocycles. The topological polar surface area (TPSA) is 66.3 Å². The van der Waals surface area contributed by atoms with Gasteiger partial charge in [0.2, 0.25) is 5.95 Å². The Morgan fingerprint density at radius 1 is 1.10 bits per heavy atom. The lowest BCUT2D eigenvalue weighted by Crippen LogP contribution is -2.44. The number of aryl methyl sites for hydroxylation is 1. The Morgan fingerprint density at radius 3 is 2.45 bits per heavy atom. The highest BCUT2D eigenvalue weighted by molar-refractivity contribution is 5.83. The number of pyridine rings is 1. The minimum absolute atomic E-state index is 0.147. The highest BCUT2D eigenvalue weighted by Gasteiger charge is 2.15. The van der Waals surface area contributed by atoms with Crippen LogP contribution in [0.2, 0.25) is 0 Å². The second-order valence-electron chi connectivity index (χ2n) is 7.40. The summed E-state index contributed by atoms with van der Waals surface area (Å²) in [7, 11) is 3.84. The number of rotatable bonds is 3. The average Bonchev–Trinajstić information content (AvgIpc) is 2.74. The lowest BCUT2D eigenvalue weighted by Gasteiger charge is -2.34. The fourth-order valence-electron chi connectivity index (χ4n) is 3.66. The smallest absolute Gasteiger partial charge is 0.256 e. The van der Waals surface area contributed by atoms with Gasteiger partial charge in [0.05, 0.1) is 5.39 Å². The summed E-state index contributed by atoms with van der Waals surface area (Å²) >= 11 is 0. The molecule has 0 radical (unpaired) electrons. The van der Waals surface area contributed by atoms with Gasteiger partial charge in [-0.05, 0) is 38.2 Å². The third-order valence-corrected chi connectivity index (χ3v) is 5.49. The SMILES string of the molecule is C#Cc1c(C)c(=O)n(C)c2nc(Nc3ccc(N4CCN(C)CC4)cc3)ncc12. The molecular weight excluding hydrogens is 364 g/mol. The van der Waals surface area contributed by atoms with Gasteiger partial charge in [-0.2, -0.15) is 4.98 Å². The summed E-state index contributed by atoms with van der Waals surface area (Å²) in [6, 6.07) is 8.24. The normalized spacial score (nSPS) is 14.8. The van der Waals surface area contributed by atoms with Gasteiger partial charge in [-0.25, -0.2) is 4.98 Å². The number of hydrogen-bond donors (Lipinski definition) is 1. The van der Waals surface area contributed by atoms with Crippen molar-refractivity contribution >= 4 is 28.4 Å². The predicted molar refractivity (Wildman–Crippen MR) is 117 cm³/mol. The molecule has 4 rings (SSSR count). The molecule has 0 saturated carbocycles. The van der Waals surface area contributed by atoms with E-state index in [1.54, 1.807) is 20.2 Å². The van der Waals surface area contributed by atoms with Crippen molar-refractivity contribution in [2.24, 2.45) is 7.05 Å². The van der Waals surface area contributed by atoms with Crippen LogP contribution >= 0.6 is 0 Å². The molecule has 7 heteroatoms. The van der Waals surface area contributed by atoms with E-state index in [0.29, 0.717) is 28.1 Å². The van der Waals surface area contributed by atoms with Crippen molar-refractivity contribution in [1.29, 1.82) is 0 Å². The summed E-state index contributed by atoms with van der Waals surface area (Å²) in [6.45, 7) is 5.93. The zero-order valence-electron chi connectivity index (χ0n) is 16.9. The Hall–Kier alpha value is -3.37. The molecule has 0 spiro atoms. The van der Waals surface area contributed by atoms with Gasteiger partial charge < -0.3 is 15.1 Å². The molecule has 2 aromatic heterocycles. The first-order valence-electron chi connectivity index (χ1n) is 9.61. The zero-order valence-corrected chi connectivity index (χ0v) is 16.9. The number of nitrogens with one attached hydrogen (secondary N) is 1. The molecule has 3 aromatic rings. The van der Waals surface area contributed by atoms with E-state index in [1.165, 1.54) is 10.3 Å². The fraction of sp³-hybridized carbons (Fsp3) is 0.318. The van der Waals surface area contributed by atoms with Crippen LogP contribution in [0.4, 0.5) is 17.3 Å². The van der Waals surface area contributed by atoms with Crippen molar-refractivity contribution in [3.63, 3.8) is 0 Å². The van der Waals surface area contributed by atoms with Crippen molar-refractivity contribution in [2.45, 2.75) is 6.92 Å². The summed E-state index contributed by atoms with van der Waals surface area (Å²) in [5.41, 5.74) is 3.54. The molecule has 1 aliphatic heterocycles. The van der Waals surface area contributed by atoms with E-state index in [9.17, 15) is 4.79 Å². The molecule has 3 heterocycles. The molecule has 1 aromatic carbocycles. The van der Waals surface area contributed by atoms with Gasteiger partial charge in [0.1, 0.15) is 5.65 Å². The number of likely N-dealkylation sites (N-methyl/N-ethyl adjacent to an activating group) is 1. The first-order valence-corrected chi connectivity index (χ1v) is 9.61. The number of piperazine rings is 1. The van der Waals surface area contributed by atoms with Crippen LogP contribution in [0.5, 0.6) is 0 Å². The van der Waals surface area contributed by atoms with Crippen molar-refractivity contribution in [3.8, 4) is 12.3 Å². The molecule has 1 saturated heterocycles. The predicted octanol–water partition coefficient (Wildman–Crippen LogP) is 2.11. The fourth-order valence-corrected chi connectivity index (χ4v) is 3.66. The Bertz CT molecular complexity index is 1150. The zero-order chi connectivity index (χ0) is 20.5. The molecule has 0 bridgehead atoms. The summed E-state index contributed by atoms with van der Waals surface area (Å²) in [6.07, 6.45) is 7.28. The minimum atomic E-state index is -0.147. The van der Waals surface area contributed by atoms with Crippen LogP contribution < -0.4 is 15.8 Å². The Balaban J connectivity index is 1.60. The van der Waals surface area contributed by atoms with E-state index >= 15 is 0 Å². The second-order valence-corrected chi connectivity index (χ2v) is 7.40. The molecular formula is C22H24N6O. The first-order chi connectivity index (χ1) is 14.0. The van der Waals surface area contributed by atoms with Gasteiger partial charge >= 0.3 is 0 Å². The van der Waals surface area contributed by atoms with Gasteiger partial charge in [-0.15, -0.1) is 6.42 Å². The summed E-state index contributed by atoms with van der Waals surface area (Å²) in [5, 5.41) is 3.91. The van der Waals surface area contributed by atoms with Gasteiger partial charge in [0, 0.05) is 61.9 Å². The molecule has 148 valence electrons. The molecule has 1 N–H and O–H groups in total. The molecule has 7 nitrogen and oxygen atoms in total. The van der Waals surface area contributed by atoms with Crippen molar-refractivity contribution in [1.82, 2.24) is 19.4 Å². The second kappa shape index (κ2) is 7.57. The molecule has 1 fully saturated rings. The summed E-state index contributed by atoms with van der Waals surface area (Å²) in [4.78, 5) is 26.1. The number of aromatic nitrogens is 3. The third-order valence-electron chi connectivity index (χ3n) is 5.49. The minimum Gasteiger partial charge on any atom is -0.369 e. The van der Waals surface area contributed by atoms with Crippen LogP contribution in [0.15, 0.2) is 35.3 Å². The van der Waals surface area contributed by atoms with Gasteiger partial charge in [0.25, 0.3) is 5.56 Å². The van der Waals surface area contributed by atoms with E-state index < -0.39 is 0 Å². The number of benzene rings is 1. The van der Waals surface area contributed by atoms with E-state index in [-0.39, 0.29) is 5.56 Å². The van der Waals surface area contributed by atoms with Gasteiger partial charge in [-0.3, -0.25) is 9.36 Å². The van der Waals surface area contributed by atoms with Crippen LogP contribution in [-0.4, -0.2) is 52.7 Å². The van der Waals surface area contributed by atoms with E-state index in [2.05, 4.69) is 50.2 Å². The van der Waals surface area contributed by atoms with E-state index in [0.717, 1.165) is 31.9 Å². The highest BCUT2D eigenvalue weighted by atomic mass is 16.1. The maximum Gasteiger partial charge on any atom is 0.256 e. The monoisotopic (exact) mass is 388 g/mol. The van der Waals surface area contributed by atoms with Gasteiger partial charge in [0.15, 0.2) is 0 Å². The Morgan fingerprint density at radius 2 is 1.79 bits per heavy atom. The first kappa shape index (κ1) is 19.0. The largest absolute Gasteiger partial charge is 0.369 e. The molecule has 1 aliphatic rings. The third kappa shape index (κ3) is 3.55. The maximum absolute atomic E-state index is 12.4. The van der Waals surface area contributed by atoms with E-state index in [4.69, 9.17) is 6.42 Å². The molecule has 29 heavy (non-hydrogen) atoms. The van der Waals surface area contributed by atoms with Crippen molar-refractivity contribution in [3.05, 3.63) is 51.9 Å². The van der Waals surface area contributed by atoms with Crippen LogP contribution in [0.3, 0.4) is 0 Å². The average molecular weight is 388 g/mol.